The third-order valence-electron chi connectivity index (χ3n) is 2.97. The Morgan fingerprint density at radius 1 is 1.56 bits per heavy atom. The van der Waals surface area contributed by atoms with Crippen LogP contribution in [0.5, 0.6) is 0 Å². The molecule has 1 aliphatic carbocycles. The fourth-order valence-electron chi connectivity index (χ4n) is 2.08. The fraction of sp³-hybridized carbons (Fsp3) is 0.545. The fourth-order valence-corrected chi connectivity index (χ4v) is 2.71. The largest absolute Gasteiger partial charge is 0.396 e. The second-order valence-corrected chi connectivity index (χ2v) is 5.08. The first-order valence-corrected chi connectivity index (χ1v) is 6.22. The molecule has 88 valence electrons. The van der Waals surface area contributed by atoms with Gasteiger partial charge in [0.05, 0.1) is 11.0 Å². The topological polar surface area (TPSA) is 69.6 Å². The highest BCUT2D eigenvalue weighted by Crippen LogP contribution is 2.26. The summed E-state index contributed by atoms with van der Waals surface area (Å²) < 4.78 is 0. The predicted octanol–water partition coefficient (Wildman–Crippen LogP) is 0.610. The summed E-state index contributed by atoms with van der Waals surface area (Å²) in [7, 11) is 0. The van der Waals surface area contributed by atoms with E-state index in [0.717, 1.165) is 0 Å². The summed E-state index contributed by atoms with van der Waals surface area (Å²) in [5.74, 6) is -0.195. The van der Waals surface area contributed by atoms with E-state index in [-0.39, 0.29) is 24.5 Å². The van der Waals surface area contributed by atoms with Crippen LogP contribution in [0.25, 0.3) is 0 Å². The molecule has 3 N–H and O–H groups in total. The van der Waals surface area contributed by atoms with Crippen molar-refractivity contribution in [3.05, 3.63) is 22.4 Å². The molecule has 0 aliphatic heterocycles. The Morgan fingerprint density at radius 3 is 2.94 bits per heavy atom. The van der Waals surface area contributed by atoms with Crippen molar-refractivity contribution in [2.45, 2.75) is 25.0 Å². The minimum atomic E-state index is -0.501. The van der Waals surface area contributed by atoms with Crippen LogP contribution in [0.4, 0.5) is 0 Å². The molecule has 1 amide bonds. The quantitative estimate of drug-likeness (QED) is 0.726. The van der Waals surface area contributed by atoms with Crippen molar-refractivity contribution in [1.29, 1.82) is 0 Å². The SMILES string of the molecule is O=C(N[C@@H]1C[C@@H](CO)[C@H](O)C1)c1cccs1. The molecule has 3 atom stereocenters. The summed E-state index contributed by atoms with van der Waals surface area (Å²) in [5.41, 5.74) is 0. The highest BCUT2D eigenvalue weighted by atomic mass is 32.1. The van der Waals surface area contributed by atoms with Gasteiger partial charge in [0.25, 0.3) is 5.91 Å². The number of aliphatic hydroxyl groups is 2. The molecule has 1 fully saturated rings. The minimum Gasteiger partial charge on any atom is -0.396 e. The molecule has 0 radical (unpaired) electrons. The first-order valence-electron chi connectivity index (χ1n) is 5.34. The molecule has 0 saturated heterocycles. The van der Waals surface area contributed by atoms with Crippen molar-refractivity contribution >= 4 is 17.2 Å². The van der Waals surface area contributed by atoms with E-state index in [1.54, 1.807) is 6.07 Å². The first-order chi connectivity index (χ1) is 7.70. The molecular formula is C11H15NO3S. The van der Waals surface area contributed by atoms with Gasteiger partial charge in [-0.15, -0.1) is 11.3 Å². The second-order valence-electron chi connectivity index (χ2n) is 4.13. The summed E-state index contributed by atoms with van der Waals surface area (Å²) in [6, 6.07) is 3.58. The lowest BCUT2D eigenvalue weighted by molar-refractivity contribution is 0.0904. The Morgan fingerprint density at radius 2 is 2.38 bits per heavy atom. The molecule has 2 rings (SSSR count). The Bertz CT molecular complexity index is 352. The highest BCUT2D eigenvalue weighted by Gasteiger charge is 2.33. The Balaban J connectivity index is 1.90. The zero-order valence-corrected chi connectivity index (χ0v) is 9.61. The van der Waals surface area contributed by atoms with Crippen LogP contribution in [0.1, 0.15) is 22.5 Å². The van der Waals surface area contributed by atoms with E-state index >= 15 is 0 Å². The predicted molar refractivity (Wildman–Crippen MR) is 61.4 cm³/mol. The van der Waals surface area contributed by atoms with Crippen molar-refractivity contribution in [2.24, 2.45) is 5.92 Å². The van der Waals surface area contributed by atoms with Gasteiger partial charge < -0.3 is 15.5 Å². The van der Waals surface area contributed by atoms with Gasteiger partial charge in [0.2, 0.25) is 0 Å². The molecule has 0 bridgehead atoms. The van der Waals surface area contributed by atoms with Gasteiger partial charge in [-0.3, -0.25) is 4.79 Å². The molecule has 1 aromatic rings. The zero-order valence-electron chi connectivity index (χ0n) is 8.80. The van der Waals surface area contributed by atoms with E-state index < -0.39 is 6.10 Å². The molecule has 16 heavy (non-hydrogen) atoms. The van der Waals surface area contributed by atoms with Gasteiger partial charge >= 0.3 is 0 Å². The van der Waals surface area contributed by atoms with Gasteiger partial charge in [-0.25, -0.2) is 0 Å². The van der Waals surface area contributed by atoms with Crippen LogP contribution >= 0.6 is 11.3 Å². The maximum absolute atomic E-state index is 11.7. The van der Waals surface area contributed by atoms with Crippen LogP contribution in [0.15, 0.2) is 17.5 Å². The molecule has 0 spiro atoms. The molecule has 5 heteroatoms. The molecule has 1 aliphatic rings. The Kier molecular flexibility index (Phi) is 3.58. The number of thiophene rings is 1. The zero-order chi connectivity index (χ0) is 11.5. The van der Waals surface area contributed by atoms with Gasteiger partial charge in [-0.1, -0.05) is 6.07 Å². The number of nitrogens with one attached hydrogen (secondary N) is 1. The highest BCUT2D eigenvalue weighted by molar-refractivity contribution is 7.12. The molecule has 0 aromatic carbocycles. The first kappa shape index (κ1) is 11.6. The van der Waals surface area contributed by atoms with Crippen LogP contribution in [0, 0.1) is 5.92 Å². The monoisotopic (exact) mass is 241 g/mol. The lowest BCUT2D eigenvalue weighted by Gasteiger charge is -2.11. The van der Waals surface area contributed by atoms with Gasteiger partial charge in [0, 0.05) is 18.6 Å². The molecule has 0 unspecified atom stereocenters. The van der Waals surface area contributed by atoms with Crippen LogP contribution < -0.4 is 5.32 Å². The number of hydrogen-bond acceptors (Lipinski definition) is 4. The third-order valence-corrected chi connectivity index (χ3v) is 3.84. The number of carbonyl (C=O) groups excluding carboxylic acids is 1. The maximum Gasteiger partial charge on any atom is 0.261 e. The van der Waals surface area contributed by atoms with E-state index in [4.69, 9.17) is 5.11 Å². The summed E-state index contributed by atoms with van der Waals surface area (Å²) in [6.07, 6.45) is 0.676. The minimum absolute atomic E-state index is 0.0213. The average molecular weight is 241 g/mol. The van der Waals surface area contributed by atoms with Crippen molar-refractivity contribution in [3.8, 4) is 0 Å². The number of carbonyl (C=O) groups is 1. The third kappa shape index (κ3) is 2.42. The van der Waals surface area contributed by atoms with Crippen LogP contribution in [0.2, 0.25) is 0 Å². The molecule has 1 saturated carbocycles. The van der Waals surface area contributed by atoms with Gasteiger partial charge in [0.1, 0.15) is 0 Å². The number of amides is 1. The number of aliphatic hydroxyl groups excluding tert-OH is 2. The molecular weight excluding hydrogens is 226 g/mol. The molecule has 1 heterocycles. The van der Waals surface area contributed by atoms with E-state index in [0.29, 0.717) is 17.7 Å². The molecule has 1 aromatic heterocycles. The normalized spacial score (nSPS) is 29.2. The van der Waals surface area contributed by atoms with Crippen molar-refractivity contribution < 1.29 is 15.0 Å². The van der Waals surface area contributed by atoms with E-state index in [1.807, 2.05) is 11.4 Å². The van der Waals surface area contributed by atoms with Gasteiger partial charge in [-0.2, -0.15) is 0 Å². The van der Waals surface area contributed by atoms with Crippen LogP contribution in [-0.4, -0.2) is 34.9 Å². The molecule has 4 nitrogen and oxygen atoms in total. The van der Waals surface area contributed by atoms with E-state index in [9.17, 15) is 9.90 Å². The Labute approximate surface area is 97.9 Å². The standard InChI is InChI=1S/C11H15NO3S/c13-6-7-4-8(5-9(7)14)12-11(15)10-2-1-3-16-10/h1-3,7-9,13-14H,4-6H2,(H,12,15)/t7-,8+,9+/m0/s1. The average Bonchev–Trinajstić information content (AvgIpc) is 2.87. The van der Waals surface area contributed by atoms with Crippen molar-refractivity contribution in [2.75, 3.05) is 6.61 Å². The summed E-state index contributed by atoms with van der Waals surface area (Å²) in [6.45, 7) is -0.0213. The summed E-state index contributed by atoms with van der Waals surface area (Å²) >= 11 is 1.40. The number of rotatable bonds is 3. The second kappa shape index (κ2) is 4.95. The summed E-state index contributed by atoms with van der Waals surface area (Å²) in [5, 5.41) is 23.3. The van der Waals surface area contributed by atoms with Gasteiger partial charge in [0.15, 0.2) is 0 Å². The van der Waals surface area contributed by atoms with Gasteiger partial charge in [-0.05, 0) is 24.3 Å². The lowest BCUT2D eigenvalue weighted by atomic mass is 10.1. The van der Waals surface area contributed by atoms with Crippen LogP contribution in [0.3, 0.4) is 0 Å². The van der Waals surface area contributed by atoms with Crippen molar-refractivity contribution in [3.63, 3.8) is 0 Å². The summed E-state index contributed by atoms with van der Waals surface area (Å²) in [4.78, 5) is 12.4. The van der Waals surface area contributed by atoms with E-state index in [2.05, 4.69) is 5.32 Å². The van der Waals surface area contributed by atoms with E-state index in [1.165, 1.54) is 11.3 Å². The maximum atomic E-state index is 11.7. The Hall–Kier alpha value is -0.910. The van der Waals surface area contributed by atoms with Crippen LogP contribution in [-0.2, 0) is 0 Å². The van der Waals surface area contributed by atoms with Crippen molar-refractivity contribution in [1.82, 2.24) is 5.32 Å². The number of hydrogen-bond donors (Lipinski definition) is 3. The lowest BCUT2D eigenvalue weighted by Crippen LogP contribution is -2.32. The smallest absolute Gasteiger partial charge is 0.261 e.